The number of alkyl carbamates (subject to hydrolysis) is 1. The van der Waals surface area contributed by atoms with Gasteiger partial charge in [0.2, 0.25) is 5.95 Å². The van der Waals surface area contributed by atoms with Gasteiger partial charge in [-0.3, -0.25) is 14.2 Å². The molecule has 5 rings (SSSR count). The van der Waals surface area contributed by atoms with Gasteiger partial charge in [0.25, 0.3) is 6.43 Å². The van der Waals surface area contributed by atoms with Crippen LogP contribution < -0.4 is 10.6 Å². The minimum absolute atomic E-state index is 0.0153. The molecule has 0 aromatic carbocycles. The molecule has 38 heavy (non-hydrogen) atoms. The molecule has 1 saturated carbocycles. The second kappa shape index (κ2) is 9.61. The Balaban J connectivity index is 1.30. The number of anilines is 2. The highest BCUT2D eigenvalue weighted by atomic mass is 19.4. The molecule has 2 fully saturated rings. The largest absolute Gasteiger partial charge is 0.522 e. The Bertz CT molecular complexity index is 1330. The number of alkyl halides is 6. The SMILES string of the molecule is CC1(NC(=O)O[C@@H]2CO[C@H](c3cc(Nc4nc(C(F)F)cc5nc(COC(F)(F)F)cn45)n[nH]3)[C@H]2F)CC1. The number of hydrogen-bond acceptors (Lipinski definition) is 8. The maximum Gasteiger partial charge on any atom is 0.522 e. The second-order valence-electron chi connectivity index (χ2n) is 9.16. The Morgan fingerprint density at radius 2 is 2.08 bits per heavy atom. The Morgan fingerprint density at radius 1 is 1.32 bits per heavy atom. The molecule has 3 atom stereocenters. The lowest BCUT2D eigenvalue weighted by Crippen LogP contribution is -2.39. The monoisotopic (exact) mass is 549 g/mol. The van der Waals surface area contributed by atoms with E-state index in [0.29, 0.717) is 0 Å². The highest BCUT2D eigenvalue weighted by molar-refractivity contribution is 5.69. The topological polar surface area (TPSA) is 128 Å². The first-order valence-electron chi connectivity index (χ1n) is 11.3. The summed E-state index contributed by atoms with van der Waals surface area (Å²) in [4.78, 5) is 19.7. The molecular weight excluding hydrogens is 528 g/mol. The van der Waals surface area contributed by atoms with Crippen LogP contribution in [0.1, 0.15) is 49.4 Å². The number of fused-ring (bicyclic) bond motifs is 1. The van der Waals surface area contributed by atoms with Crippen molar-refractivity contribution in [3.8, 4) is 0 Å². The van der Waals surface area contributed by atoms with Crippen molar-refractivity contribution in [2.24, 2.45) is 0 Å². The molecule has 1 saturated heterocycles. The third kappa shape index (κ3) is 5.77. The van der Waals surface area contributed by atoms with Crippen molar-refractivity contribution in [3.63, 3.8) is 0 Å². The van der Waals surface area contributed by atoms with Crippen molar-refractivity contribution >= 4 is 23.5 Å². The molecule has 17 heteroatoms. The molecule has 3 aromatic heterocycles. The zero-order valence-corrected chi connectivity index (χ0v) is 19.6. The lowest BCUT2D eigenvalue weighted by molar-refractivity contribution is -0.330. The smallest absolute Gasteiger partial charge is 0.441 e. The third-order valence-corrected chi connectivity index (χ3v) is 6.02. The van der Waals surface area contributed by atoms with E-state index in [0.717, 1.165) is 29.5 Å². The number of nitrogens with zero attached hydrogens (tertiary/aromatic N) is 4. The van der Waals surface area contributed by atoms with E-state index in [1.807, 2.05) is 6.92 Å². The minimum Gasteiger partial charge on any atom is -0.441 e. The molecular formula is C21H21F6N7O4. The van der Waals surface area contributed by atoms with Crippen molar-refractivity contribution in [1.29, 1.82) is 0 Å². The summed E-state index contributed by atoms with van der Waals surface area (Å²) in [5.74, 6) is -0.223. The van der Waals surface area contributed by atoms with Gasteiger partial charge in [-0.2, -0.15) is 5.10 Å². The highest BCUT2D eigenvalue weighted by Gasteiger charge is 2.44. The number of carbonyl (C=O) groups is 1. The van der Waals surface area contributed by atoms with E-state index < -0.39 is 49.6 Å². The number of ether oxygens (including phenoxy) is 3. The van der Waals surface area contributed by atoms with Crippen LogP contribution in [0.3, 0.4) is 0 Å². The number of rotatable bonds is 8. The van der Waals surface area contributed by atoms with Crippen molar-refractivity contribution in [2.45, 2.75) is 63.1 Å². The molecule has 2 aliphatic rings. The van der Waals surface area contributed by atoms with Gasteiger partial charge < -0.3 is 20.1 Å². The van der Waals surface area contributed by atoms with Crippen molar-refractivity contribution < 1.29 is 45.3 Å². The van der Waals surface area contributed by atoms with Gasteiger partial charge in [-0.15, -0.1) is 13.2 Å². The van der Waals surface area contributed by atoms with Gasteiger partial charge in [0.15, 0.2) is 18.1 Å². The molecule has 206 valence electrons. The molecule has 3 N–H and O–H groups in total. The van der Waals surface area contributed by atoms with Crippen molar-refractivity contribution in [1.82, 2.24) is 29.9 Å². The fourth-order valence-electron chi connectivity index (χ4n) is 3.81. The number of hydrogen-bond donors (Lipinski definition) is 3. The zero-order valence-electron chi connectivity index (χ0n) is 19.6. The van der Waals surface area contributed by atoms with E-state index in [-0.39, 0.29) is 40.9 Å². The number of H-pyrrole nitrogens is 1. The van der Waals surface area contributed by atoms with Crippen LogP contribution in [0, 0.1) is 0 Å². The average molecular weight is 549 g/mol. The number of amides is 1. The zero-order chi connectivity index (χ0) is 27.2. The predicted molar refractivity (Wildman–Crippen MR) is 115 cm³/mol. The third-order valence-electron chi connectivity index (χ3n) is 6.02. The maximum atomic E-state index is 15.0. The molecule has 0 bridgehead atoms. The van der Waals surface area contributed by atoms with E-state index in [1.54, 1.807) is 0 Å². The summed E-state index contributed by atoms with van der Waals surface area (Å²) < 4.78 is 94.4. The Hall–Kier alpha value is -3.60. The van der Waals surface area contributed by atoms with Gasteiger partial charge >= 0.3 is 12.5 Å². The first-order chi connectivity index (χ1) is 17.9. The number of carbonyl (C=O) groups excluding carboxylic acids is 1. The van der Waals surface area contributed by atoms with Crippen LogP contribution in [-0.4, -0.2) is 61.4 Å². The number of aromatic amines is 1. The van der Waals surface area contributed by atoms with E-state index in [9.17, 15) is 31.1 Å². The van der Waals surface area contributed by atoms with Crippen LogP contribution in [0.2, 0.25) is 0 Å². The fraction of sp³-hybridized carbons (Fsp3) is 0.524. The number of imidazole rings is 1. The van der Waals surface area contributed by atoms with Crippen LogP contribution in [-0.2, 0) is 20.8 Å². The van der Waals surface area contributed by atoms with Crippen LogP contribution in [0.15, 0.2) is 18.3 Å². The Labute approximate surface area is 209 Å². The minimum atomic E-state index is -4.91. The molecule has 3 aromatic rings. The van der Waals surface area contributed by atoms with E-state index in [1.165, 1.54) is 6.07 Å². The lowest BCUT2D eigenvalue weighted by atomic mass is 10.1. The molecule has 11 nitrogen and oxygen atoms in total. The summed E-state index contributed by atoms with van der Waals surface area (Å²) in [5, 5.41) is 11.8. The van der Waals surface area contributed by atoms with E-state index in [2.05, 4.69) is 35.5 Å². The van der Waals surface area contributed by atoms with E-state index in [4.69, 9.17) is 9.47 Å². The summed E-state index contributed by atoms with van der Waals surface area (Å²) in [6.07, 6.45) is -9.96. The number of nitrogens with one attached hydrogen (secondary N) is 3. The highest BCUT2D eigenvalue weighted by Crippen LogP contribution is 2.36. The molecule has 0 unspecified atom stereocenters. The fourth-order valence-corrected chi connectivity index (χ4v) is 3.81. The van der Waals surface area contributed by atoms with Crippen LogP contribution in [0.4, 0.5) is 42.9 Å². The predicted octanol–water partition coefficient (Wildman–Crippen LogP) is 4.23. The quantitative estimate of drug-likeness (QED) is 0.357. The maximum absolute atomic E-state index is 15.0. The average Bonchev–Trinajstić information content (AvgIpc) is 3.19. The van der Waals surface area contributed by atoms with Crippen molar-refractivity contribution in [3.05, 3.63) is 35.4 Å². The standard InChI is InChI=1S/C21H21F6N7O4/c1-20(2-3-20)31-19(35)38-12-8-36-16(15(12)22)10-4-13(33-32-10)30-18-29-11(17(23)24)5-14-28-9(6-34(14)18)7-37-21(25,26)27/h4-6,12,15-17H,2-3,7-8H2,1H3,(H,31,35)(H2,29,30,32,33)/t12-,15+,16-/m1/s1. The normalized spacial score (nSPS) is 22.7. The van der Waals surface area contributed by atoms with E-state index >= 15 is 0 Å². The second-order valence-corrected chi connectivity index (χ2v) is 9.16. The van der Waals surface area contributed by atoms with Gasteiger partial charge in [0, 0.05) is 23.9 Å². The van der Waals surface area contributed by atoms with Crippen LogP contribution in [0.25, 0.3) is 5.65 Å². The van der Waals surface area contributed by atoms with Crippen LogP contribution >= 0.6 is 0 Å². The van der Waals surface area contributed by atoms with Gasteiger partial charge in [0.05, 0.1) is 24.6 Å². The molecule has 0 spiro atoms. The Kier molecular flexibility index (Phi) is 6.58. The van der Waals surface area contributed by atoms with Crippen molar-refractivity contribution in [2.75, 3.05) is 11.9 Å². The summed E-state index contributed by atoms with van der Waals surface area (Å²) in [7, 11) is 0. The first kappa shape index (κ1) is 26.0. The van der Waals surface area contributed by atoms with Gasteiger partial charge in [-0.05, 0) is 19.8 Å². The lowest BCUT2D eigenvalue weighted by Gasteiger charge is -2.17. The molecule has 1 amide bonds. The number of aromatic nitrogens is 5. The molecule has 0 radical (unpaired) electrons. The van der Waals surface area contributed by atoms with Gasteiger partial charge in [-0.25, -0.2) is 27.9 Å². The summed E-state index contributed by atoms with van der Waals surface area (Å²) >= 11 is 0. The number of halogens is 6. The molecule has 1 aliphatic carbocycles. The Morgan fingerprint density at radius 3 is 2.76 bits per heavy atom. The molecule has 1 aliphatic heterocycles. The summed E-state index contributed by atoms with van der Waals surface area (Å²) in [6.45, 7) is 0.696. The van der Waals surface area contributed by atoms with Gasteiger partial charge in [0.1, 0.15) is 17.4 Å². The van der Waals surface area contributed by atoms with Gasteiger partial charge in [-0.1, -0.05) is 0 Å². The summed E-state index contributed by atoms with van der Waals surface area (Å²) in [5.41, 5.74) is -1.17. The summed E-state index contributed by atoms with van der Waals surface area (Å²) in [6, 6.07) is 2.25. The molecule has 4 heterocycles. The van der Waals surface area contributed by atoms with Crippen LogP contribution in [0.5, 0.6) is 0 Å². The first-order valence-corrected chi connectivity index (χ1v) is 11.3.